The van der Waals surface area contributed by atoms with Gasteiger partial charge in [0.25, 0.3) is 5.91 Å². The average molecular weight is 434 g/mol. The highest BCUT2D eigenvalue weighted by molar-refractivity contribution is 6.30. The molecule has 156 valence electrons. The molecule has 0 atom stereocenters. The molecule has 6 heteroatoms. The van der Waals surface area contributed by atoms with Gasteiger partial charge in [0.1, 0.15) is 5.75 Å². The summed E-state index contributed by atoms with van der Waals surface area (Å²) in [4.78, 5) is 15.0. The molecule has 3 aromatic carbocycles. The second kappa shape index (κ2) is 8.58. The number of halogens is 1. The van der Waals surface area contributed by atoms with Crippen LogP contribution in [0.4, 0.5) is 5.69 Å². The molecule has 0 aliphatic carbocycles. The Hall–Kier alpha value is -3.70. The Morgan fingerprint density at radius 3 is 2.23 bits per heavy atom. The predicted molar refractivity (Wildman–Crippen MR) is 123 cm³/mol. The first-order valence-corrected chi connectivity index (χ1v) is 9.93. The smallest absolute Gasteiger partial charge is 0.262 e. The highest BCUT2D eigenvalue weighted by Gasteiger charge is 2.30. The second-order valence-corrected chi connectivity index (χ2v) is 7.34. The number of rotatable bonds is 5. The second-order valence-electron chi connectivity index (χ2n) is 6.91. The van der Waals surface area contributed by atoms with Gasteiger partial charge in [-0.1, -0.05) is 29.8 Å². The van der Waals surface area contributed by atoms with Crippen LogP contribution in [-0.2, 0) is 4.79 Å². The Bertz CT molecular complexity index is 1180. The minimum atomic E-state index is -0.176. The summed E-state index contributed by atoms with van der Waals surface area (Å²) in [5.41, 5.74) is 3.55. The first kappa shape index (κ1) is 20.6. The fraction of sp³-hybridized carbons (Fsp3) is 0.0800. The van der Waals surface area contributed by atoms with Crippen LogP contribution in [0.25, 0.3) is 11.8 Å². The average Bonchev–Trinajstić information content (AvgIpc) is 3.10. The zero-order chi connectivity index (χ0) is 22.0. The van der Waals surface area contributed by atoms with E-state index in [1.807, 2.05) is 30.3 Å². The van der Waals surface area contributed by atoms with Crippen LogP contribution in [-0.4, -0.2) is 25.2 Å². The van der Waals surface area contributed by atoms with Gasteiger partial charge in [0.05, 0.1) is 19.9 Å². The van der Waals surface area contributed by atoms with E-state index < -0.39 is 0 Å². The molecule has 0 radical (unpaired) electrons. The number of ether oxygens (including phenoxy) is 2. The van der Waals surface area contributed by atoms with Gasteiger partial charge in [0.15, 0.2) is 11.5 Å². The van der Waals surface area contributed by atoms with Gasteiger partial charge in [-0.05, 0) is 71.8 Å². The molecule has 4 rings (SSSR count). The van der Waals surface area contributed by atoms with Gasteiger partial charge < -0.3 is 14.6 Å². The first-order chi connectivity index (χ1) is 15.0. The summed E-state index contributed by atoms with van der Waals surface area (Å²) in [7, 11) is 3.15. The first-order valence-electron chi connectivity index (χ1n) is 9.55. The Morgan fingerprint density at radius 1 is 0.903 bits per heavy atom. The lowest BCUT2D eigenvalue weighted by molar-refractivity contribution is -0.113. The largest absolute Gasteiger partial charge is 0.508 e. The van der Waals surface area contributed by atoms with E-state index in [0.717, 1.165) is 16.8 Å². The monoisotopic (exact) mass is 433 g/mol. The third-order valence-corrected chi connectivity index (χ3v) is 5.21. The number of amides is 1. The SMILES string of the molecule is COc1ccc(/C=C2\C=C(c3ccc(Cl)cc3)N(c3ccc(O)cc3)C2=O)cc1OC. The summed E-state index contributed by atoms with van der Waals surface area (Å²) in [6.07, 6.45) is 3.65. The van der Waals surface area contributed by atoms with Crippen LogP contribution in [0.1, 0.15) is 11.1 Å². The molecule has 0 fully saturated rings. The lowest BCUT2D eigenvalue weighted by Gasteiger charge is -2.21. The van der Waals surface area contributed by atoms with Crippen LogP contribution < -0.4 is 14.4 Å². The molecule has 0 aromatic heterocycles. The normalized spacial score (nSPS) is 14.7. The lowest BCUT2D eigenvalue weighted by Crippen LogP contribution is -2.24. The van der Waals surface area contributed by atoms with E-state index in [9.17, 15) is 9.90 Å². The van der Waals surface area contributed by atoms with Crippen LogP contribution in [0.5, 0.6) is 17.2 Å². The Labute approximate surface area is 185 Å². The molecule has 1 N–H and O–H groups in total. The van der Waals surface area contributed by atoms with Crippen molar-refractivity contribution >= 4 is 35.0 Å². The number of phenolic OH excluding ortho intramolecular Hbond substituents is 1. The van der Waals surface area contributed by atoms with Crippen molar-refractivity contribution in [3.8, 4) is 17.2 Å². The molecule has 1 amide bonds. The summed E-state index contributed by atoms with van der Waals surface area (Å²) in [5, 5.41) is 10.3. The molecular formula is C25H20ClNO4. The maximum atomic E-state index is 13.4. The minimum absolute atomic E-state index is 0.133. The molecule has 5 nitrogen and oxygen atoms in total. The third kappa shape index (κ3) is 4.13. The molecule has 0 saturated carbocycles. The van der Waals surface area contributed by atoms with Crippen LogP contribution in [0.3, 0.4) is 0 Å². The van der Waals surface area contributed by atoms with Gasteiger partial charge in [0.2, 0.25) is 0 Å². The van der Waals surface area contributed by atoms with Gasteiger partial charge >= 0.3 is 0 Å². The molecule has 0 spiro atoms. The number of aromatic hydroxyl groups is 1. The zero-order valence-corrected chi connectivity index (χ0v) is 17.8. The maximum absolute atomic E-state index is 13.4. The molecule has 31 heavy (non-hydrogen) atoms. The number of carbonyl (C=O) groups excluding carboxylic acids is 1. The van der Waals surface area contributed by atoms with E-state index in [4.69, 9.17) is 21.1 Å². The zero-order valence-electron chi connectivity index (χ0n) is 17.0. The van der Waals surface area contributed by atoms with Crippen molar-refractivity contribution in [2.24, 2.45) is 0 Å². The lowest BCUT2D eigenvalue weighted by atomic mass is 10.1. The molecule has 1 aliphatic heterocycles. The summed E-state index contributed by atoms with van der Waals surface area (Å²) in [6.45, 7) is 0. The Balaban J connectivity index is 1.80. The molecule has 3 aromatic rings. The molecule has 1 aliphatic rings. The van der Waals surface area contributed by atoms with Crippen LogP contribution in [0.2, 0.25) is 5.02 Å². The van der Waals surface area contributed by atoms with Crippen molar-refractivity contribution in [1.82, 2.24) is 0 Å². The molecule has 0 bridgehead atoms. The third-order valence-electron chi connectivity index (χ3n) is 4.96. The van der Waals surface area contributed by atoms with Crippen molar-refractivity contribution in [2.75, 3.05) is 19.1 Å². The van der Waals surface area contributed by atoms with E-state index in [1.54, 1.807) is 67.7 Å². The summed E-state index contributed by atoms with van der Waals surface area (Å²) < 4.78 is 10.7. The fourth-order valence-electron chi connectivity index (χ4n) is 3.43. The number of anilines is 1. The van der Waals surface area contributed by atoms with E-state index >= 15 is 0 Å². The van der Waals surface area contributed by atoms with Gasteiger partial charge in [-0.25, -0.2) is 0 Å². The number of carbonyl (C=O) groups is 1. The van der Waals surface area contributed by atoms with E-state index in [1.165, 1.54) is 0 Å². The number of hydrogen-bond donors (Lipinski definition) is 1. The van der Waals surface area contributed by atoms with Crippen LogP contribution in [0.15, 0.2) is 78.4 Å². The number of hydrogen-bond acceptors (Lipinski definition) is 4. The number of phenols is 1. The van der Waals surface area contributed by atoms with Gasteiger partial charge in [0, 0.05) is 16.3 Å². The van der Waals surface area contributed by atoms with Crippen molar-refractivity contribution < 1.29 is 19.4 Å². The highest BCUT2D eigenvalue weighted by Crippen LogP contribution is 2.37. The highest BCUT2D eigenvalue weighted by atomic mass is 35.5. The van der Waals surface area contributed by atoms with Crippen molar-refractivity contribution in [3.05, 3.63) is 94.5 Å². The Morgan fingerprint density at radius 2 is 1.58 bits per heavy atom. The van der Waals surface area contributed by atoms with Crippen LogP contribution in [0, 0.1) is 0 Å². The van der Waals surface area contributed by atoms with Crippen molar-refractivity contribution in [3.63, 3.8) is 0 Å². The predicted octanol–water partition coefficient (Wildman–Crippen LogP) is 5.53. The van der Waals surface area contributed by atoms with Crippen molar-refractivity contribution in [2.45, 2.75) is 0 Å². The molecular weight excluding hydrogens is 414 g/mol. The molecule has 1 heterocycles. The van der Waals surface area contributed by atoms with E-state index in [0.29, 0.717) is 27.8 Å². The fourth-order valence-corrected chi connectivity index (χ4v) is 3.55. The van der Waals surface area contributed by atoms with E-state index in [-0.39, 0.29) is 11.7 Å². The van der Waals surface area contributed by atoms with Gasteiger partial charge in [-0.3, -0.25) is 9.69 Å². The summed E-state index contributed by atoms with van der Waals surface area (Å²) in [6, 6.07) is 19.3. The van der Waals surface area contributed by atoms with Crippen LogP contribution >= 0.6 is 11.6 Å². The van der Waals surface area contributed by atoms with Gasteiger partial charge in [-0.2, -0.15) is 0 Å². The number of methoxy groups -OCH3 is 2. The summed E-state index contributed by atoms with van der Waals surface area (Å²) >= 11 is 6.05. The van der Waals surface area contributed by atoms with Crippen molar-refractivity contribution in [1.29, 1.82) is 0 Å². The number of nitrogens with zero attached hydrogens (tertiary/aromatic N) is 1. The molecule has 0 saturated heterocycles. The minimum Gasteiger partial charge on any atom is -0.508 e. The standard InChI is InChI=1S/C25H20ClNO4/c1-30-23-12-3-16(14-24(23)31-2)13-18-15-22(17-4-6-19(26)7-5-17)27(25(18)29)20-8-10-21(28)11-9-20/h3-15,28H,1-2H3/b18-13+. The summed E-state index contributed by atoms with van der Waals surface area (Å²) in [5.74, 6) is 1.16. The maximum Gasteiger partial charge on any atom is 0.262 e. The number of benzene rings is 3. The quantitative estimate of drug-likeness (QED) is 0.537. The van der Waals surface area contributed by atoms with E-state index in [2.05, 4.69) is 0 Å². The van der Waals surface area contributed by atoms with Gasteiger partial charge in [-0.15, -0.1) is 0 Å². The topological polar surface area (TPSA) is 59.0 Å². The Kier molecular flexibility index (Phi) is 5.69. The molecule has 0 unspecified atom stereocenters.